The zero-order valence-electron chi connectivity index (χ0n) is 12.3. The standard InChI is InChI=1S/C16H24FNO/c1-11-7-8-12(15(2,3)17)14(19-4)13(11)16(18)9-5-6-10-16/h7-8H,5-6,9-10,18H2,1-4H3. The average molecular weight is 265 g/mol. The van der Waals surface area contributed by atoms with E-state index in [2.05, 4.69) is 0 Å². The van der Waals surface area contributed by atoms with Gasteiger partial charge >= 0.3 is 0 Å². The van der Waals surface area contributed by atoms with Crippen molar-refractivity contribution < 1.29 is 9.13 Å². The Morgan fingerprint density at radius 2 is 1.84 bits per heavy atom. The number of aryl methyl sites for hydroxylation is 1. The third-order valence-corrected chi connectivity index (χ3v) is 4.20. The fourth-order valence-corrected chi connectivity index (χ4v) is 3.24. The van der Waals surface area contributed by atoms with Gasteiger partial charge in [0.05, 0.1) is 7.11 Å². The second-order valence-electron chi connectivity index (χ2n) is 6.17. The third kappa shape index (κ3) is 2.48. The summed E-state index contributed by atoms with van der Waals surface area (Å²) in [6.07, 6.45) is 4.14. The van der Waals surface area contributed by atoms with Gasteiger partial charge in [-0.15, -0.1) is 0 Å². The van der Waals surface area contributed by atoms with E-state index in [4.69, 9.17) is 10.5 Å². The number of alkyl halides is 1. The molecule has 3 heteroatoms. The lowest BCUT2D eigenvalue weighted by molar-refractivity contribution is 0.212. The van der Waals surface area contributed by atoms with Crippen LogP contribution < -0.4 is 10.5 Å². The summed E-state index contributed by atoms with van der Waals surface area (Å²) in [6.45, 7) is 5.14. The monoisotopic (exact) mass is 265 g/mol. The minimum atomic E-state index is -1.43. The first-order valence-electron chi connectivity index (χ1n) is 6.96. The Labute approximate surface area is 115 Å². The highest BCUT2D eigenvalue weighted by Gasteiger charge is 2.37. The average Bonchev–Trinajstić information content (AvgIpc) is 2.74. The first-order valence-corrected chi connectivity index (χ1v) is 6.96. The number of halogens is 1. The third-order valence-electron chi connectivity index (χ3n) is 4.20. The van der Waals surface area contributed by atoms with Gasteiger partial charge in [-0.2, -0.15) is 0 Å². The van der Waals surface area contributed by atoms with Crippen molar-refractivity contribution in [1.82, 2.24) is 0 Å². The topological polar surface area (TPSA) is 35.2 Å². The van der Waals surface area contributed by atoms with Crippen LogP contribution in [-0.2, 0) is 11.2 Å². The smallest absolute Gasteiger partial charge is 0.134 e. The molecule has 1 saturated carbocycles. The number of hydrogen-bond acceptors (Lipinski definition) is 2. The molecule has 0 atom stereocenters. The summed E-state index contributed by atoms with van der Waals surface area (Å²) >= 11 is 0. The van der Waals surface area contributed by atoms with Crippen molar-refractivity contribution in [3.63, 3.8) is 0 Å². The number of ether oxygens (including phenoxy) is 1. The second kappa shape index (κ2) is 4.78. The number of rotatable bonds is 3. The minimum absolute atomic E-state index is 0.364. The minimum Gasteiger partial charge on any atom is -0.496 e. The van der Waals surface area contributed by atoms with E-state index in [9.17, 15) is 4.39 Å². The SMILES string of the molecule is COc1c(C(C)(C)F)ccc(C)c1C1(N)CCCC1. The molecule has 0 amide bonds. The molecule has 0 spiro atoms. The molecule has 2 rings (SSSR count). The summed E-state index contributed by atoms with van der Waals surface area (Å²) in [4.78, 5) is 0. The zero-order valence-corrected chi connectivity index (χ0v) is 12.3. The van der Waals surface area contributed by atoms with E-state index in [1.807, 2.05) is 19.1 Å². The Hall–Kier alpha value is -1.09. The Morgan fingerprint density at radius 1 is 1.26 bits per heavy atom. The van der Waals surface area contributed by atoms with Gasteiger partial charge in [0.1, 0.15) is 11.4 Å². The molecule has 0 radical (unpaired) electrons. The molecule has 0 aliphatic heterocycles. The molecule has 19 heavy (non-hydrogen) atoms. The van der Waals surface area contributed by atoms with Gasteiger partial charge in [0.25, 0.3) is 0 Å². The number of hydrogen-bond donors (Lipinski definition) is 1. The summed E-state index contributed by atoms with van der Waals surface area (Å²) in [5.74, 6) is 0.636. The molecule has 2 nitrogen and oxygen atoms in total. The molecule has 1 aromatic carbocycles. The molecule has 1 fully saturated rings. The van der Waals surface area contributed by atoms with Crippen molar-refractivity contribution in [3.05, 3.63) is 28.8 Å². The summed E-state index contributed by atoms with van der Waals surface area (Å²) in [6, 6.07) is 3.78. The van der Waals surface area contributed by atoms with Crippen LogP contribution in [0.5, 0.6) is 5.75 Å². The predicted octanol–water partition coefficient (Wildman–Crippen LogP) is 3.94. The molecular weight excluding hydrogens is 241 g/mol. The van der Waals surface area contributed by atoms with Gasteiger partial charge in [0, 0.05) is 16.7 Å². The van der Waals surface area contributed by atoms with Crippen molar-refractivity contribution in [2.45, 2.75) is 57.7 Å². The van der Waals surface area contributed by atoms with E-state index < -0.39 is 5.67 Å². The molecular formula is C16H24FNO. The van der Waals surface area contributed by atoms with Crippen molar-refractivity contribution in [1.29, 1.82) is 0 Å². The Balaban J connectivity index is 2.65. The van der Waals surface area contributed by atoms with Gasteiger partial charge in [0.2, 0.25) is 0 Å². The fourth-order valence-electron chi connectivity index (χ4n) is 3.24. The lowest BCUT2D eigenvalue weighted by atomic mass is 9.82. The number of nitrogens with two attached hydrogens (primary N) is 1. The molecule has 0 heterocycles. The molecule has 1 aromatic rings. The van der Waals surface area contributed by atoms with E-state index in [-0.39, 0.29) is 5.54 Å². The van der Waals surface area contributed by atoms with Gasteiger partial charge in [-0.05, 0) is 39.2 Å². The predicted molar refractivity (Wildman–Crippen MR) is 76.2 cm³/mol. The Morgan fingerprint density at radius 3 is 2.32 bits per heavy atom. The lowest BCUT2D eigenvalue weighted by Crippen LogP contribution is -2.35. The first-order chi connectivity index (χ1) is 8.79. The van der Waals surface area contributed by atoms with Crippen molar-refractivity contribution in [2.75, 3.05) is 7.11 Å². The van der Waals surface area contributed by atoms with Crippen molar-refractivity contribution in [2.24, 2.45) is 5.73 Å². The highest BCUT2D eigenvalue weighted by molar-refractivity contribution is 5.52. The van der Waals surface area contributed by atoms with Crippen molar-refractivity contribution >= 4 is 0 Å². The summed E-state index contributed by atoms with van der Waals surface area (Å²) in [7, 11) is 1.60. The van der Waals surface area contributed by atoms with E-state index in [0.29, 0.717) is 11.3 Å². The lowest BCUT2D eigenvalue weighted by Gasteiger charge is -2.31. The zero-order chi connectivity index (χ0) is 14.3. The summed E-state index contributed by atoms with van der Waals surface area (Å²) in [5.41, 5.74) is 7.45. The molecule has 0 unspecified atom stereocenters. The van der Waals surface area contributed by atoms with Crippen LogP contribution in [0, 0.1) is 6.92 Å². The molecule has 1 aliphatic rings. The van der Waals surface area contributed by atoms with Crippen LogP contribution in [0.1, 0.15) is 56.2 Å². The highest BCUT2D eigenvalue weighted by Crippen LogP contribution is 2.46. The van der Waals surface area contributed by atoms with Crippen LogP contribution in [0.25, 0.3) is 0 Å². The fraction of sp³-hybridized carbons (Fsp3) is 0.625. The van der Waals surface area contributed by atoms with Crippen molar-refractivity contribution in [3.8, 4) is 5.75 Å². The van der Waals surface area contributed by atoms with E-state index in [1.165, 1.54) is 0 Å². The maximum absolute atomic E-state index is 14.4. The molecule has 1 aliphatic carbocycles. The molecule has 2 N–H and O–H groups in total. The number of methoxy groups -OCH3 is 1. The molecule has 0 bridgehead atoms. The Bertz CT molecular complexity index is 470. The largest absolute Gasteiger partial charge is 0.496 e. The normalized spacial score (nSPS) is 18.6. The van der Waals surface area contributed by atoms with Crippen LogP contribution in [0.4, 0.5) is 4.39 Å². The van der Waals surface area contributed by atoms with Gasteiger partial charge in [-0.25, -0.2) is 4.39 Å². The molecule has 106 valence electrons. The maximum atomic E-state index is 14.4. The summed E-state index contributed by atoms with van der Waals surface area (Å²) < 4.78 is 19.9. The van der Waals surface area contributed by atoms with Crippen LogP contribution in [0.15, 0.2) is 12.1 Å². The van der Waals surface area contributed by atoms with Gasteiger partial charge < -0.3 is 10.5 Å². The second-order valence-corrected chi connectivity index (χ2v) is 6.17. The number of benzene rings is 1. The van der Waals surface area contributed by atoms with Gasteiger partial charge in [0.15, 0.2) is 0 Å². The van der Waals surface area contributed by atoms with E-state index >= 15 is 0 Å². The van der Waals surface area contributed by atoms with Gasteiger partial charge in [-0.1, -0.05) is 25.0 Å². The summed E-state index contributed by atoms with van der Waals surface area (Å²) in [5, 5.41) is 0. The van der Waals surface area contributed by atoms with E-state index in [1.54, 1.807) is 21.0 Å². The molecule has 0 aromatic heterocycles. The Kier molecular flexibility index (Phi) is 3.61. The molecule has 0 saturated heterocycles. The maximum Gasteiger partial charge on any atom is 0.134 e. The van der Waals surface area contributed by atoms with Gasteiger partial charge in [-0.3, -0.25) is 0 Å². The van der Waals surface area contributed by atoms with Crippen LogP contribution >= 0.6 is 0 Å². The first kappa shape index (κ1) is 14.3. The van der Waals surface area contributed by atoms with Crippen LogP contribution in [0.3, 0.4) is 0 Å². The quantitative estimate of drug-likeness (QED) is 0.898. The van der Waals surface area contributed by atoms with Crippen LogP contribution in [-0.4, -0.2) is 7.11 Å². The highest BCUT2D eigenvalue weighted by atomic mass is 19.1. The van der Waals surface area contributed by atoms with Crippen LogP contribution in [0.2, 0.25) is 0 Å². The van der Waals surface area contributed by atoms with E-state index in [0.717, 1.165) is 36.8 Å².